The second kappa shape index (κ2) is 5.20. The lowest BCUT2D eigenvalue weighted by atomic mass is 9.68. The number of carbonyl (C=O) groups excluding carboxylic acids is 2. The number of hydrogen-bond acceptors (Lipinski definition) is 4. The van der Waals surface area contributed by atoms with Gasteiger partial charge in [0.1, 0.15) is 5.75 Å². The molecular formula is C14H16ClN3O3. The van der Waals surface area contributed by atoms with E-state index in [1.807, 2.05) is 0 Å². The van der Waals surface area contributed by atoms with Gasteiger partial charge < -0.3 is 21.1 Å². The molecule has 0 saturated heterocycles. The predicted octanol–water partition coefficient (Wildman–Crippen LogP) is 1.74. The molecule has 1 aliphatic carbocycles. The summed E-state index contributed by atoms with van der Waals surface area (Å²) < 4.78 is 5.32. The third kappa shape index (κ3) is 2.45. The molecule has 0 bridgehead atoms. The maximum Gasteiger partial charge on any atom is 0.262 e. The van der Waals surface area contributed by atoms with Crippen LogP contribution in [0.5, 0.6) is 5.75 Å². The van der Waals surface area contributed by atoms with Crippen molar-refractivity contribution in [1.82, 2.24) is 0 Å². The number of anilines is 2. The smallest absolute Gasteiger partial charge is 0.262 e. The fourth-order valence-electron chi connectivity index (χ4n) is 2.58. The molecule has 112 valence electrons. The first-order valence-electron chi connectivity index (χ1n) is 6.82. The van der Waals surface area contributed by atoms with Crippen LogP contribution in [-0.4, -0.2) is 25.0 Å². The molecular weight excluding hydrogens is 294 g/mol. The van der Waals surface area contributed by atoms with Gasteiger partial charge >= 0.3 is 0 Å². The molecule has 4 N–H and O–H groups in total. The van der Waals surface area contributed by atoms with Crippen molar-refractivity contribution < 1.29 is 14.3 Å². The Balaban J connectivity index is 1.83. The number of nitrogens with two attached hydrogens (primary N) is 1. The van der Waals surface area contributed by atoms with Crippen LogP contribution in [0.25, 0.3) is 0 Å². The number of benzene rings is 1. The molecule has 1 saturated carbocycles. The standard InChI is InChI=1S/C14H16ClN3O3/c15-8-4-10-11(21-6-12(19)17-10)5-9(8)18-13(20)14(7-16)2-1-3-14/h4-5H,1-3,6-7,16H2,(H,17,19)(H,18,20). The van der Waals surface area contributed by atoms with Crippen LogP contribution in [0.3, 0.4) is 0 Å². The van der Waals surface area contributed by atoms with Crippen molar-refractivity contribution in [2.45, 2.75) is 19.3 Å². The van der Waals surface area contributed by atoms with E-state index in [1.165, 1.54) is 0 Å². The number of carbonyl (C=O) groups is 2. The summed E-state index contributed by atoms with van der Waals surface area (Å²) in [7, 11) is 0. The zero-order valence-electron chi connectivity index (χ0n) is 11.4. The van der Waals surface area contributed by atoms with Crippen molar-refractivity contribution in [2.75, 3.05) is 23.8 Å². The van der Waals surface area contributed by atoms with Gasteiger partial charge in [0, 0.05) is 12.6 Å². The van der Waals surface area contributed by atoms with Crippen LogP contribution >= 0.6 is 11.6 Å². The van der Waals surface area contributed by atoms with Gasteiger partial charge in [0.15, 0.2) is 6.61 Å². The minimum atomic E-state index is -0.478. The van der Waals surface area contributed by atoms with E-state index in [0.717, 1.165) is 19.3 Å². The van der Waals surface area contributed by atoms with Crippen molar-refractivity contribution in [2.24, 2.45) is 11.1 Å². The van der Waals surface area contributed by atoms with E-state index < -0.39 is 5.41 Å². The molecule has 21 heavy (non-hydrogen) atoms. The van der Waals surface area contributed by atoms with Gasteiger partial charge in [-0.2, -0.15) is 0 Å². The molecule has 2 amide bonds. The summed E-state index contributed by atoms with van der Waals surface area (Å²) in [6.07, 6.45) is 2.60. The second-order valence-electron chi connectivity index (χ2n) is 5.46. The van der Waals surface area contributed by atoms with E-state index >= 15 is 0 Å². The van der Waals surface area contributed by atoms with Crippen LogP contribution < -0.4 is 21.1 Å². The van der Waals surface area contributed by atoms with Gasteiger partial charge in [-0.25, -0.2) is 0 Å². The molecule has 1 aliphatic heterocycles. The summed E-state index contributed by atoms with van der Waals surface area (Å²) in [5, 5.41) is 5.83. The maximum absolute atomic E-state index is 12.4. The summed E-state index contributed by atoms with van der Waals surface area (Å²) in [5.41, 5.74) is 6.22. The predicted molar refractivity (Wildman–Crippen MR) is 79.5 cm³/mol. The zero-order valence-corrected chi connectivity index (χ0v) is 12.1. The molecule has 7 heteroatoms. The number of halogens is 1. The zero-order chi connectivity index (χ0) is 15.0. The third-order valence-electron chi connectivity index (χ3n) is 4.13. The Kier molecular flexibility index (Phi) is 3.51. The SMILES string of the molecule is NCC1(C(=O)Nc2cc3c(cc2Cl)NC(=O)CO3)CCC1. The summed E-state index contributed by atoms with van der Waals surface area (Å²) in [6, 6.07) is 3.19. The molecule has 1 aromatic rings. The largest absolute Gasteiger partial charge is 0.482 e. The fourth-order valence-corrected chi connectivity index (χ4v) is 2.79. The summed E-state index contributed by atoms with van der Waals surface area (Å²) in [4.78, 5) is 23.6. The average molecular weight is 310 g/mol. The lowest BCUT2D eigenvalue weighted by Crippen LogP contribution is -2.47. The van der Waals surface area contributed by atoms with Crippen molar-refractivity contribution in [3.05, 3.63) is 17.2 Å². The van der Waals surface area contributed by atoms with Crippen LogP contribution in [0.2, 0.25) is 5.02 Å². The number of rotatable bonds is 3. The number of nitrogens with one attached hydrogen (secondary N) is 2. The number of ether oxygens (including phenoxy) is 1. The van der Waals surface area contributed by atoms with E-state index in [9.17, 15) is 9.59 Å². The highest BCUT2D eigenvalue weighted by atomic mass is 35.5. The Bertz CT molecular complexity index is 608. The van der Waals surface area contributed by atoms with Crippen molar-refractivity contribution in [3.8, 4) is 5.75 Å². The number of fused-ring (bicyclic) bond motifs is 1. The Labute approximate surface area is 127 Å². The van der Waals surface area contributed by atoms with Crippen molar-refractivity contribution in [1.29, 1.82) is 0 Å². The highest BCUT2D eigenvalue weighted by Gasteiger charge is 2.43. The van der Waals surface area contributed by atoms with Gasteiger partial charge in [0.25, 0.3) is 5.91 Å². The highest BCUT2D eigenvalue weighted by molar-refractivity contribution is 6.34. The van der Waals surface area contributed by atoms with Crippen LogP contribution in [0.15, 0.2) is 12.1 Å². The molecule has 0 spiro atoms. The summed E-state index contributed by atoms with van der Waals surface area (Å²) in [6.45, 7) is 0.280. The second-order valence-corrected chi connectivity index (χ2v) is 5.86. The molecule has 0 unspecified atom stereocenters. The van der Waals surface area contributed by atoms with E-state index in [4.69, 9.17) is 22.1 Å². The molecule has 0 radical (unpaired) electrons. The van der Waals surface area contributed by atoms with Gasteiger partial charge in [0.2, 0.25) is 5.91 Å². The summed E-state index contributed by atoms with van der Waals surface area (Å²) in [5.74, 6) is 0.148. The van der Waals surface area contributed by atoms with Crippen LogP contribution in [0.1, 0.15) is 19.3 Å². The van der Waals surface area contributed by atoms with E-state index in [2.05, 4.69) is 10.6 Å². The molecule has 1 aromatic carbocycles. The molecule has 1 heterocycles. The van der Waals surface area contributed by atoms with E-state index in [0.29, 0.717) is 28.7 Å². The van der Waals surface area contributed by atoms with Gasteiger partial charge in [-0.05, 0) is 18.9 Å². The Morgan fingerprint density at radius 3 is 2.86 bits per heavy atom. The molecule has 0 atom stereocenters. The van der Waals surface area contributed by atoms with Crippen LogP contribution in [0, 0.1) is 5.41 Å². The molecule has 0 aromatic heterocycles. The fraction of sp³-hybridized carbons (Fsp3) is 0.429. The number of hydrogen-bond donors (Lipinski definition) is 3. The van der Waals surface area contributed by atoms with Crippen molar-refractivity contribution >= 4 is 34.8 Å². The van der Waals surface area contributed by atoms with Crippen LogP contribution in [0.4, 0.5) is 11.4 Å². The minimum Gasteiger partial charge on any atom is -0.482 e. The normalized spacial score (nSPS) is 18.9. The molecule has 1 fully saturated rings. The first-order valence-corrected chi connectivity index (χ1v) is 7.20. The third-order valence-corrected chi connectivity index (χ3v) is 4.45. The highest BCUT2D eigenvalue weighted by Crippen LogP contribution is 2.42. The molecule has 2 aliphatic rings. The molecule has 6 nitrogen and oxygen atoms in total. The Hall–Kier alpha value is -1.79. The Morgan fingerprint density at radius 1 is 1.48 bits per heavy atom. The minimum absolute atomic E-state index is 0.0469. The van der Waals surface area contributed by atoms with Crippen LogP contribution in [-0.2, 0) is 9.59 Å². The van der Waals surface area contributed by atoms with Gasteiger partial charge in [0.05, 0.1) is 21.8 Å². The van der Waals surface area contributed by atoms with Crippen molar-refractivity contribution in [3.63, 3.8) is 0 Å². The lowest BCUT2D eigenvalue weighted by molar-refractivity contribution is -0.129. The Morgan fingerprint density at radius 2 is 2.24 bits per heavy atom. The monoisotopic (exact) mass is 309 g/mol. The van der Waals surface area contributed by atoms with E-state index in [1.54, 1.807) is 12.1 Å². The average Bonchev–Trinajstić information content (AvgIpc) is 2.39. The summed E-state index contributed by atoms with van der Waals surface area (Å²) >= 11 is 6.15. The van der Waals surface area contributed by atoms with E-state index in [-0.39, 0.29) is 18.4 Å². The lowest BCUT2D eigenvalue weighted by Gasteiger charge is -2.39. The topological polar surface area (TPSA) is 93.5 Å². The molecule has 3 rings (SSSR count). The quantitative estimate of drug-likeness (QED) is 0.793. The van der Waals surface area contributed by atoms with Gasteiger partial charge in [-0.3, -0.25) is 9.59 Å². The maximum atomic E-state index is 12.4. The first kappa shape index (κ1) is 14.2. The van der Waals surface area contributed by atoms with Gasteiger partial charge in [-0.1, -0.05) is 18.0 Å². The number of amides is 2. The first-order chi connectivity index (χ1) is 10.0. The van der Waals surface area contributed by atoms with Gasteiger partial charge in [-0.15, -0.1) is 0 Å².